The summed E-state index contributed by atoms with van der Waals surface area (Å²) >= 11 is 1.58. The fourth-order valence-corrected chi connectivity index (χ4v) is 3.38. The van der Waals surface area contributed by atoms with Gasteiger partial charge in [0.15, 0.2) is 5.16 Å². The number of rotatable bonds is 6. The van der Waals surface area contributed by atoms with Gasteiger partial charge >= 0.3 is 0 Å². The molecule has 0 radical (unpaired) electrons. The van der Waals surface area contributed by atoms with E-state index in [1.54, 1.807) is 23.9 Å². The molecular weight excluding hydrogens is 358 g/mol. The van der Waals surface area contributed by atoms with E-state index in [0.29, 0.717) is 5.56 Å². The zero-order valence-corrected chi connectivity index (χ0v) is 16.3. The Labute approximate surface area is 162 Å². The number of hydrazone groups is 1. The minimum Gasteiger partial charge on any atom is -0.360 e. The maximum absolute atomic E-state index is 12.2. The number of aryl methyl sites for hydroxylation is 2. The van der Waals surface area contributed by atoms with E-state index in [1.165, 1.54) is 0 Å². The van der Waals surface area contributed by atoms with Crippen molar-refractivity contribution in [3.05, 3.63) is 76.9 Å². The van der Waals surface area contributed by atoms with E-state index in [9.17, 15) is 4.79 Å². The molecule has 2 aromatic heterocycles. The van der Waals surface area contributed by atoms with Crippen molar-refractivity contribution in [1.29, 1.82) is 0 Å². The van der Waals surface area contributed by atoms with Crippen LogP contribution in [0.15, 0.2) is 58.9 Å². The number of hydrogen-bond donors (Lipinski definition) is 2. The van der Waals surface area contributed by atoms with Gasteiger partial charge in [0.2, 0.25) is 0 Å². The molecule has 6 nitrogen and oxygen atoms in total. The highest BCUT2D eigenvalue weighted by Crippen LogP contribution is 2.20. The Hall–Kier alpha value is -2.93. The highest BCUT2D eigenvalue weighted by atomic mass is 32.2. The summed E-state index contributed by atoms with van der Waals surface area (Å²) in [6.07, 6.45) is 1.82. The van der Waals surface area contributed by atoms with Crippen LogP contribution in [0.2, 0.25) is 0 Å². The van der Waals surface area contributed by atoms with E-state index in [4.69, 9.17) is 0 Å². The SMILES string of the molecule is C/C(=N\NC(=O)c1ccc(CSc2nc(C)cc(C)n2)cc1)c1ccc[nH]1. The quantitative estimate of drug-likeness (QED) is 0.295. The van der Waals surface area contributed by atoms with Gasteiger partial charge in [-0.3, -0.25) is 4.79 Å². The number of benzene rings is 1. The Morgan fingerprint density at radius 3 is 2.48 bits per heavy atom. The number of nitrogens with one attached hydrogen (secondary N) is 2. The number of nitrogens with zero attached hydrogens (tertiary/aromatic N) is 3. The highest BCUT2D eigenvalue weighted by Gasteiger charge is 2.07. The van der Waals surface area contributed by atoms with Gasteiger partial charge in [0.05, 0.1) is 11.4 Å². The van der Waals surface area contributed by atoms with Crippen molar-refractivity contribution in [2.75, 3.05) is 0 Å². The zero-order chi connectivity index (χ0) is 19.2. The van der Waals surface area contributed by atoms with Gasteiger partial charge in [0, 0.05) is 28.9 Å². The minimum atomic E-state index is -0.238. The normalized spacial score (nSPS) is 11.4. The molecule has 3 aromatic rings. The molecular formula is C20H21N5OS. The molecule has 27 heavy (non-hydrogen) atoms. The molecule has 0 aliphatic carbocycles. The zero-order valence-electron chi connectivity index (χ0n) is 15.5. The first-order chi connectivity index (χ1) is 13.0. The van der Waals surface area contributed by atoms with Gasteiger partial charge < -0.3 is 4.98 Å². The van der Waals surface area contributed by atoms with Gasteiger partial charge in [-0.05, 0) is 56.7 Å². The molecule has 0 saturated heterocycles. The average Bonchev–Trinajstić information content (AvgIpc) is 3.19. The third-order valence-electron chi connectivity index (χ3n) is 3.86. The second kappa shape index (κ2) is 8.64. The topological polar surface area (TPSA) is 83.0 Å². The van der Waals surface area contributed by atoms with Crippen LogP contribution in [0.1, 0.15) is 39.9 Å². The Morgan fingerprint density at radius 2 is 1.85 bits per heavy atom. The summed E-state index contributed by atoms with van der Waals surface area (Å²) in [6, 6.07) is 13.2. The molecule has 2 N–H and O–H groups in total. The number of thioether (sulfide) groups is 1. The smallest absolute Gasteiger partial charge is 0.271 e. The Kier molecular flexibility index (Phi) is 6.03. The first kappa shape index (κ1) is 18.8. The van der Waals surface area contributed by atoms with Crippen molar-refractivity contribution < 1.29 is 4.79 Å². The lowest BCUT2D eigenvalue weighted by Gasteiger charge is -2.05. The Morgan fingerprint density at radius 1 is 1.15 bits per heavy atom. The number of carbonyl (C=O) groups excluding carboxylic acids is 1. The molecule has 1 aromatic carbocycles. The van der Waals surface area contributed by atoms with Crippen LogP contribution in [0.4, 0.5) is 0 Å². The van der Waals surface area contributed by atoms with E-state index in [2.05, 4.69) is 25.5 Å². The van der Waals surface area contributed by atoms with Crippen molar-refractivity contribution in [1.82, 2.24) is 20.4 Å². The van der Waals surface area contributed by atoms with Crippen LogP contribution in [-0.2, 0) is 5.75 Å². The van der Waals surface area contributed by atoms with Crippen LogP contribution < -0.4 is 5.43 Å². The van der Waals surface area contributed by atoms with E-state index >= 15 is 0 Å². The monoisotopic (exact) mass is 379 g/mol. The van der Waals surface area contributed by atoms with Crippen molar-refractivity contribution in [3.63, 3.8) is 0 Å². The molecule has 1 amide bonds. The van der Waals surface area contributed by atoms with Crippen molar-refractivity contribution in [2.24, 2.45) is 5.10 Å². The molecule has 0 bridgehead atoms. The summed E-state index contributed by atoms with van der Waals surface area (Å²) in [6.45, 7) is 5.76. The number of H-pyrrole nitrogens is 1. The maximum Gasteiger partial charge on any atom is 0.271 e. The molecule has 0 fully saturated rings. The number of carbonyl (C=O) groups is 1. The summed E-state index contributed by atoms with van der Waals surface area (Å²) in [5.41, 5.74) is 7.77. The van der Waals surface area contributed by atoms with E-state index < -0.39 is 0 Å². The van der Waals surface area contributed by atoms with Gasteiger partial charge in [-0.1, -0.05) is 23.9 Å². The van der Waals surface area contributed by atoms with Crippen molar-refractivity contribution in [2.45, 2.75) is 31.7 Å². The summed E-state index contributed by atoms with van der Waals surface area (Å²) in [4.78, 5) is 24.1. The van der Waals surface area contributed by atoms with Crippen LogP contribution >= 0.6 is 11.8 Å². The summed E-state index contributed by atoms with van der Waals surface area (Å²) in [7, 11) is 0. The number of aromatic amines is 1. The first-order valence-corrected chi connectivity index (χ1v) is 9.52. The van der Waals surface area contributed by atoms with Crippen LogP contribution in [-0.4, -0.2) is 26.6 Å². The van der Waals surface area contributed by atoms with Crippen LogP contribution in [0, 0.1) is 13.8 Å². The molecule has 2 heterocycles. The van der Waals surface area contributed by atoms with Crippen LogP contribution in [0.3, 0.4) is 0 Å². The molecule has 138 valence electrons. The predicted octanol–water partition coefficient (Wildman–Crippen LogP) is 3.87. The second-order valence-electron chi connectivity index (χ2n) is 6.14. The fourth-order valence-electron chi connectivity index (χ4n) is 2.47. The van der Waals surface area contributed by atoms with Gasteiger partial charge in [0.1, 0.15) is 0 Å². The van der Waals surface area contributed by atoms with Gasteiger partial charge in [-0.2, -0.15) is 5.10 Å². The molecule has 3 rings (SSSR count). The number of aromatic nitrogens is 3. The van der Waals surface area contributed by atoms with Crippen molar-refractivity contribution >= 4 is 23.4 Å². The summed E-state index contributed by atoms with van der Waals surface area (Å²) in [5, 5.41) is 4.89. The average molecular weight is 379 g/mol. The predicted molar refractivity (Wildman–Crippen MR) is 108 cm³/mol. The van der Waals surface area contributed by atoms with Crippen LogP contribution in [0.25, 0.3) is 0 Å². The second-order valence-corrected chi connectivity index (χ2v) is 7.08. The third-order valence-corrected chi connectivity index (χ3v) is 4.78. The molecule has 0 saturated carbocycles. The van der Waals surface area contributed by atoms with Gasteiger partial charge in [-0.25, -0.2) is 15.4 Å². The largest absolute Gasteiger partial charge is 0.360 e. The standard InChI is InChI=1S/C20H21N5OS/c1-13-11-14(2)23-20(22-13)27-12-16-6-8-17(9-7-16)19(26)25-24-15(3)18-5-4-10-21-18/h4-11,21H,12H2,1-3H3,(H,25,26)/b24-15+. The Balaban J connectivity index is 1.58. The first-order valence-electron chi connectivity index (χ1n) is 8.53. The number of amides is 1. The molecule has 0 spiro atoms. The minimum absolute atomic E-state index is 0.238. The highest BCUT2D eigenvalue weighted by molar-refractivity contribution is 7.98. The maximum atomic E-state index is 12.2. The fraction of sp³-hybridized carbons (Fsp3) is 0.200. The van der Waals surface area contributed by atoms with Gasteiger partial charge in [-0.15, -0.1) is 0 Å². The van der Waals surface area contributed by atoms with Crippen molar-refractivity contribution in [3.8, 4) is 0 Å². The third kappa shape index (κ3) is 5.27. The molecule has 0 aliphatic rings. The van der Waals surface area contributed by atoms with Gasteiger partial charge in [0.25, 0.3) is 5.91 Å². The van der Waals surface area contributed by atoms with E-state index in [0.717, 1.165) is 39.3 Å². The van der Waals surface area contributed by atoms with E-state index in [-0.39, 0.29) is 5.91 Å². The molecule has 7 heteroatoms. The lowest BCUT2D eigenvalue weighted by molar-refractivity contribution is 0.0955. The lowest BCUT2D eigenvalue weighted by atomic mass is 10.1. The number of hydrogen-bond acceptors (Lipinski definition) is 5. The van der Waals surface area contributed by atoms with Crippen LogP contribution in [0.5, 0.6) is 0 Å². The van der Waals surface area contributed by atoms with E-state index in [1.807, 2.05) is 57.3 Å². The molecule has 0 unspecified atom stereocenters. The molecule has 0 atom stereocenters. The molecule has 0 aliphatic heterocycles. The summed E-state index contributed by atoms with van der Waals surface area (Å²) < 4.78 is 0. The Bertz CT molecular complexity index is 929. The lowest BCUT2D eigenvalue weighted by Crippen LogP contribution is -2.19. The summed E-state index contributed by atoms with van der Waals surface area (Å²) in [5.74, 6) is 0.507.